The third kappa shape index (κ3) is 10.1. The minimum absolute atomic E-state index is 0.0509. The van der Waals surface area contributed by atoms with E-state index in [0.29, 0.717) is 5.75 Å². The van der Waals surface area contributed by atoms with Gasteiger partial charge >= 0.3 is 5.97 Å². The molecule has 5 rings (SSSR count). The Morgan fingerprint density at radius 2 is 1.13 bits per heavy atom. The molecule has 0 saturated heterocycles. The molecule has 2 N–H and O–H groups in total. The average Bonchev–Trinajstić information content (AvgIpc) is 3.12. The normalized spacial score (nSPS) is 11.9. The lowest BCUT2D eigenvalue weighted by molar-refractivity contribution is 0.0130. The maximum Gasteiger partial charge on any atom is 0.338 e. The monoisotopic (exact) mass is 672 g/mol. The number of para-hydroxylation sites is 1. The number of esters is 1. The molecule has 10 heteroatoms. The lowest BCUT2D eigenvalue weighted by atomic mass is 10.2. The van der Waals surface area contributed by atoms with E-state index < -0.39 is 34.3 Å². The highest BCUT2D eigenvalue weighted by Crippen LogP contribution is 2.55. The summed E-state index contributed by atoms with van der Waals surface area (Å²) in [5, 5.41) is 23.4. The second-order valence-corrected chi connectivity index (χ2v) is 15.5. The Kier molecular flexibility index (Phi) is 13.2. The van der Waals surface area contributed by atoms with Crippen molar-refractivity contribution in [1.82, 2.24) is 0 Å². The Morgan fingerprint density at radius 1 is 0.681 bits per heavy atom. The molecule has 0 bridgehead atoms. The van der Waals surface area contributed by atoms with Crippen LogP contribution in [0.1, 0.15) is 16.8 Å². The van der Waals surface area contributed by atoms with E-state index in [0.717, 1.165) is 24.7 Å². The summed E-state index contributed by atoms with van der Waals surface area (Å²) in [4.78, 5) is 11.3. The van der Waals surface area contributed by atoms with Gasteiger partial charge in [0.1, 0.15) is 58.4 Å². The Bertz CT molecular complexity index is 1660. The molecular formula is C37H37O8PS. The molecule has 0 aromatic heterocycles. The van der Waals surface area contributed by atoms with Crippen LogP contribution in [0.15, 0.2) is 150 Å². The molecule has 0 aliphatic carbocycles. The number of benzene rings is 5. The van der Waals surface area contributed by atoms with Crippen molar-refractivity contribution in [2.45, 2.75) is 17.4 Å². The zero-order valence-corrected chi connectivity index (χ0v) is 27.4. The number of hydrogen-bond acceptors (Lipinski definition) is 8. The topological polar surface area (TPSA) is 133 Å². The van der Waals surface area contributed by atoms with Crippen molar-refractivity contribution in [3.05, 3.63) is 151 Å². The van der Waals surface area contributed by atoms with Crippen molar-refractivity contribution in [3.8, 4) is 5.75 Å². The SMILES string of the molecule is O=C(OCC(O)COc1ccccc1)c1ccc(S(=O)(=O)[O-])cc1.OCCC[P+](c1ccccc1)(c1ccccc1)c1ccccc1. The zero-order chi connectivity index (χ0) is 33.5. The highest BCUT2D eigenvalue weighted by molar-refractivity contribution is 7.95. The van der Waals surface area contributed by atoms with Gasteiger partial charge in [0.15, 0.2) is 0 Å². The van der Waals surface area contributed by atoms with Crippen LogP contribution in [0.2, 0.25) is 0 Å². The van der Waals surface area contributed by atoms with Gasteiger partial charge in [-0.2, -0.15) is 0 Å². The minimum atomic E-state index is -4.56. The third-order valence-corrected chi connectivity index (χ3v) is 12.6. The largest absolute Gasteiger partial charge is 0.744 e. The van der Waals surface area contributed by atoms with E-state index in [1.165, 1.54) is 28.0 Å². The highest BCUT2D eigenvalue weighted by atomic mass is 32.2. The van der Waals surface area contributed by atoms with E-state index in [1.807, 2.05) is 6.07 Å². The molecule has 0 saturated carbocycles. The van der Waals surface area contributed by atoms with Crippen LogP contribution in [0.25, 0.3) is 0 Å². The van der Waals surface area contributed by atoms with Gasteiger partial charge < -0.3 is 24.2 Å². The maximum atomic E-state index is 11.8. The molecule has 0 heterocycles. The molecule has 0 amide bonds. The third-order valence-electron chi connectivity index (χ3n) is 7.21. The van der Waals surface area contributed by atoms with Crippen molar-refractivity contribution in [2.24, 2.45) is 0 Å². The van der Waals surface area contributed by atoms with Crippen LogP contribution in [0.5, 0.6) is 5.75 Å². The number of carbonyl (C=O) groups is 1. The van der Waals surface area contributed by atoms with Crippen LogP contribution in [0.3, 0.4) is 0 Å². The first-order chi connectivity index (χ1) is 22.7. The smallest absolute Gasteiger partial charge is 0.338 e. The van der Waals surface area contributed by atoms with Gasteiger partial charge in [-0.3, -0.25) is 0 Å². The van der Waals surface area contributed by atoms with Gasteiger partial charge in [0.2, 0.25) is 0 Å². The molecule has 0 radical (unpaired) electrons. The molecule has 244 valence electrons. The minimum Gasteiger partial charge on any atom is -0.744 e. The summed E-state index contributed by atoms with van der Waals surface area (Å²) >= 11 is 0. The number of aliphatic hydroxyl groups is 2. The first-order valence-electron chi connectivity index (χ1n) is 15.0. The molecule has 0 spiro atoms. The fourth-order valence-corrected chi connectivity index (χ4v) is 9.76. The average molecular weight is 673 g/mol. The fraction of sp³-hybridized carbons (Fsp3) is 0.162. The quantitative estimate of drug-likeness (QED) is 0.106. The van der Waals surface area contributed by atoms with Gasteiger partial charge in [0.05, 0.1) is 16.6 Å². The van der Waals surface area contributed by atoms with E-state index in [1.54, 1.807) is 24.3 Å². The van der Waals surface area contributed by atoms with Crippen LogP contribution in [0, 0.1) is 0 Å². The number of ether oxygens (including phenoxy) is 2. The number of rotatable bonds is 13. The number of aliphatic hydroxyl groups excluding tert-OH is 2. The van der Waals surface area contributed by atoms with Crippen LogP contribution in [0.4, 0.5) is 0 Å². The van der Waals surface area contributed by atoms with Gasteiger partial charge in [-0.15, -0.1) is 0 Å². The van der Waals surface area contributed by atoms with Crippen molar-refractivity contribution >= 4 is 39.3 Å². The Morgan fingerprint density at radius 3 is 1.55 bits per heavy atom. The van der Waals surface area contributed by atoms with E-state index in [9.17, 15) is 28.0 Å². The van der Waals surface area contributed by atoms with Crippen molar-refractivity contribution in [1.29, 1.82) is 0 Å². The second kappa shape index (κ2) is 17.5. The summed E-state index contributed by atoms with van der Waals surface area (Å²) in [6.45, 7) is -0.105. The number of hydrogen-bond donors (Lipinski definition) is 2. The van der Waals surface area contributed by atoms with E-state index in [4.69, 9.17) is 9.47 Å². The summed E-state index contributed by atoms with van der Waals surface area (Å²) in [7, 11) is -6.29. The van der Waals surface area contributed by atoms with Gasteiger partial charge in [-0.25, -0.2) is 13.2 Å². The maximum absolute atomic E-state index is 11.8. The molecule has 0 aliphatic heterocycles. The summed E-state index contributed by atoms with van der Waals surface area (Å²) in [6.07, 6.45) is 0.782. The number of carbonyl (C=O) groups excluding carboxylic acids is 1. The zero-order valence-electron chi connectivity index (χ0n) is 25.7. The molecule has 0 fully saturated rings. The predicted octanol–water partition coefficient (Wildman–Crippen LogP) is 4.55. The van der Waals surface area contributed by atoms with E-state index in [-0.39, 0.29) is 25.4 Å². The standard InChI is InChI=1S/C21H22OP.C16H16O7S/c22-17-10-18-23(19-11-4-1-5-12-19,20-13-6-2-7-14-20)21-15-8-3-9-16-21;17-13(10-22-14-4-2-1-3-5-14)11-23-16(18)12-6-8-15(9-7-12)24(19,20)21/h1-9,11-16,22H,10,17-18H2;1-9,13,17H,10-11H2,(H,19,20,21)/q+1;/p-1. The molecule has 47 heavy (non-hydrogen) atoms. The van der Waals surface area contributed by atoms with Gasteiger partial charge in [-0.1, -0.05) is 72.8 Å². The van der Waals surface area contributed by atoms with E-state index >= 15 is 0 Å². The lowest BCUT2D eigenvalue weighted by Gasteiger charge is -2.27. The van der Waals surface area contributed by atoms with Crippen molar-refractivity contribution in [3.63, 3.8) is 0 Å². The van der Waals surface area contributed by atoms with Crippen LogP contribution < -0.4 is 20.7 Å². The molecule has 5 aromatic carbocycles. The van der Waals surface area contributed by atoms with Crippen LogP contribution >= 0.6 is 7.26 Å². The molecule has 5 aromatic rings. The highest BCUT2D eigenvalue weighted by Gasteiger charge is 2.44. The predicted molar refractivity (Wildman–Crippen MR) is 184 cm³/mol. The molecular weight excluding hydrogens is 635 g/mol. The van der Waals surface area contributed by atoms with E-state index in [2.05, 4.69) is 91.0 Å². The van der Waals surface area contributed by atoms with Crippen molar-refractivity contribution in [2.75, 3.05) is 26.0 Å². The molecule has 8 nitrogen and oxygen atoms in total. The van der Waals surface area contributed by atoms with Crippen LogP contribution in [-0.2, 0) is 14.9 Å². The van der Waals surface area contributed by atoms with Gasteiger partial charge in [-0.05, 0) is 72.8 Å². The van der Waals surface area contributed by atoms with Crippen molar-refractivity contribution < 1.29 is 37.5 Å². The first kappa shape index (κ1) is 35.5. The summed E-state index contributed by atoms with van der Waals surface area (Å²) in [5.41, 5.74) is 0.0681. The summed E-state index contributed by atoms with van der Waals surface area (Å²) in [5.74, 6) is -0.166. The van der Waals surface area contributed by atoms with Crippen LogP contribution in [-0.4, -0.2) is 61.2 Å². The Labute approximate surface area is 276 Å². The Balaban J connectivity index is 0.000000213. The Hall–Kier alpha value is -4.37. The molecule has 0 aliphatic rings. The first-order valence-corrected chi connectivity index (χ1v) is 18.4. The summed E-state index contributed by atoms with van der Waals surface area (Å²) < 4.78 is 42.6. The molecule has 1 atom stereocenters. The summed E-state index contributed by atoms with van der Waals surface area (Å²) in [6, 6.07) is 45.6. The van der Waals surface area contributed by atoms with Gasteiger partial charge in [0, 0.05) is 13.0 Å². The molecule has 1 unspecified atom stereocenters. The fourth-order valence-electron chi connectivity index (χ4n) is 4.96. The van der Waals surface area contributed by atoms with Gasteiger partial charge in [0.25, 0.3) is 0 Å². The second-order valence-electron chi connectivity index (χ2n) is 10.5. The lowest BCUT2D eigenvalue weighted by Crippen LogP contribution is -2.33.